The molecule has 8 heteroatoms. The number of nitrogens with one attached hydrogen (secondary N) is 2. The van der Waals surface area contributed by atoms with Crippen molar-refractivity contribution < 1.29 is 9.84 Å². The van der Waals surface area contributed by atoms with Crippen molar-refractivity contribution in [2.45, 2.75) is 19.6 Å². The zero-order valence-corrected chi connectivity index (χ0v) is 16.9. The van der Waals surface area contributed by atoms with Gasteiger partial charge in [-0.2, -0.15) is 5.10 Å². The van der Waals surface area contributed by atoms with Crippen LogP contribution in [0.4, 0.5) is 11.5 Å². The van der Waals surface area contributed by atoms with E-state index in [1.807, 2.05) is 27.5 Å². The maximum absolute atomic E-state index is 9.27. The Morgan fingerprint density at radius 2 is 2.16 bits per heavy atom. The average Bonchev–Trinajstić information content (AvgIpc) is 3.51. The van der Waals surface area contributed by atoms with E-state index in [0.717, 1.165) is 57.0 Å². The number of fused-ring (bicyclic) bond motifs is 3. The molecule has 0 spiro atoms. The normalized spacial score (nSPS) is 13.7. The number of rotatable bonds is 5. The van der Waals surface area contributed by atoms with Gasteiger partial charge in [0.2, 0.25) is 0 Å². The molecule has 0 bridgehead atoms. The molecular formula is C23H22N6O2. The third kappa shape index (κ3) is 3.17. The van der Waals surface area contributed by atoms with Gasteiger partial charge < -0.3 is 24.5 Å². The molecule has 0 radical (unpaired) electrons. The summed E-state index contributed by atoms with van der Waals surface area (Å²) in [6.45, 7) is 2.19. The van der Waals surface area contributed by atoms with Crippen molar-refractivity contribution in [3.63, 3.8) is 0 Å². The van der Waals surface area contributed by atoms with E-state index in [0.29, 0.717) is 19.6 Å². The number of benzene rings is 1. The van der Waals surface area contributed by atoms with Gasteiger partial charge in [-0.15, -0.1) is 0 Å². The van der Waals surface area contributed by atoms with Crippen LogP contribution in [0.15, 0.2) is 55.1 Å². The van der Waals surface area contributed by atoms with Crippen LogP contribution < -0.4 is 5.32 Å². The monoisotopic (exact) mass is 414 g/mol. The Bertz CT molecular complexity index is 1370. The first-order chi connectivity index (χ1) is 15.3. The van der Waals surface area contributed by atoms with Crippen LogP contribution in [0.1, 0.15) is 11.3 Å². The van der Waals surface area contributed by atoms with Crippen LogP contribution in [-0.4, -0.2) is 42.5 Å². The minimum atomic E-state index is 0.143. The van der Waals surface area contributed by atoms with Gasteiger partial charge in [0.15, 0.2) is 11.5 Å². The van der Waals surface area contributed by atoms with Crippen LogP contribution in [-0.2, 0) is 24.3 Å². The lowest BCUT2D eigenvalue weighted by Gasteiger charge is -2.12. The third-order valence-electron chi connectivity index (χ3n) is 5.79. The Kier molecular flexibility index (Phi) is 4.26. The Balaban J connectivity index is 1.40. The summed E-state index contributed by atoms with van der Waals surface area (Å²) in [6.07, 6.45) is 8.45. The quantitative estimate of drug-likeness (QED) is 0.409. The fraction of sp³-hybridized carbons (Fsp3) is 0.217. The van der Waals surface area contributed by atoms with E-state index in [2.05, 4.69) is 50.8 Å². The molecule has 0 unspecified atom stereocenters. The minimum Gasteiger partial charge on any atom is -0.396 e. The zero-order valence-electron chi connectivity index (χ0n) is 16.9. The predicted octanol–water partition coefficient (Wildman–Crippen LogP) is 3.49. The first-order valence-electron chi connectivity index (χ1n) is 10.4. The van der Waals surface area contributed by atoms with Crippen molar-refractivity contribution in [2.75, 3.05) is 18.5 Å². The Morgan fingerprint density at radius 1 is 1.19 bits per heavy atom. The maximum Gasteiger partial charge on any atom is 0.160 e. The summed E-state index contributed by atoms with van der Waals surface area (Å²) >= 11 is 0. The predicted molar refractivity (Wildman–Crippen MR) is 118 cm³/mol. The number of pyridine rings is 1. The fourth-order valence-corrected chi connectivity index (χ4v) is 4.27. The second-order valence-electron chi connectivity index (χ2n) is 7.77. The SMILES string of the molecule is OCCc1c[nH]c2cc(-c3cc(Nc4cc5n(n4)CCOC5)c4nccn4c3)ccc12. The number of H-pyrrole nitrogens is 1. The maximum atomic E-state index is 9.27. The second-order valence-corrected chi connectivity index (χ2v) is 7.77. The van der Waals surface area contributed by atoms with Crippen molar-refractivity contribution in [1.82, 2.24) is 24.1 Å². The summed E-state index contributed by atoms with van der Waals surface area (Å²) in [5.74, 6) is 0.788. The van der Waals surface area contributed by atoms with E-state index in [1.165, 1.54) is 0 Å². The summed E-state index contributed by atoms with van der Waals surface area (Å²) < 4.78 is 9.53. The minimum absolute atomic E-state index is 0.143. The molecule has 3 N–H and O–H groups in total. The molecule has 5 aromatic rings. The number of aromatic nitrogens is 5. The molecule has 0 atom stereocenters. The summed E-state index contributed by atoms with van der Waals surface area (Å²) in [5, 5.41) is 18.5. The first kappa shape index (κ1) is 18.2. The van der Waals surface area contributed by atoms with Gasteiger partial charge in [-0.25, -0.2) is 4.98 Å². The lowest BCUT2D eigenvalue weighted by atomic mass is 10.0. The molecule has 0 amide bonds. The highest BCUT2D eigenvalue weighted by Crippen LogP contribution is 2.31. The number of ether oxygens (including phenoxy) is 1. The molecule has 8 nitrogen and oxygen atoms in total. The lowest BCUT2D eigenvalue weighted by molar-refractivity contribution is 0.0801. The van der Waals surface area contributed by atoms with Crippen molar-refractivity contribution in [1.29, 1.82) is 0 Å². The molecule has 6 rings (SSSR count). The summed E-state index contributed by atoms with van der Waals surface area (Å²) in [5.41, 5.74) is 7.16. The topological polar surface area (TPSA) is 92.4 Å². The van der Waals surface area contributed by atoms with Crippen LogP contribution in [0.25, 0.3) is 27.7 Å². The van der Waals surface area contributed by atoms with Gasteiger partial charge in [-0.3, -0.25) is 4.68 Å². The van der Waals surface area contributed by atoms with Crippen molar-refractivity contribution >= 4 is 28.1 Å². The van der Waals surface area contributed by atoms with Crippen molar-refractivity contribution in [3.8, 4) is 11.1 Å². The number of hydrogen-bond donors (Lipinski definition) is 3. The van der Waals surface area contributed by atoms with Crippen LogP contribution >= 0.6 is 0 Å². The summed E-state index contributed by atoms with van der Waals surface area (Å²) in [7, 11) is 0. The molecule has 1 aliphatic rings. The Hall–Kier alpha value is -3.62. The smallest absolute Gasteiger partial charge is 0.160 e. The zero-order chi connectivity index (χ0) is 20.8. The van der Waals surface area contributed by atoms with Crippen LogP contribution in [0.3, 0.4) is 0 Å². The molecule has 31 heavy (non-hydrogen) atoms. The molecule has 0 saturated carbocycles. The van der Waals surface area contributed by atoms with E-state index in [1.54, 1.807) is 6.20 Å². The molecule has 0 aliphatic carbocycles. The highest BCUT2D eigenvalue weighted by Gasteiger charge is 2.15. The molecular weight excluding hydrogens is 392 g/mol. The molecule has 5 heterocycles. The molecule has 0 saturated heterocycles. The fourth-order valence-electron chi connectivity index (χ4n) is 4.27. The first-order valence-corrected chi connectivity index (χ1v) is 10.4. The van der Waals surface area contributed by atoms with Gasteiger partial charge in [-0.1, -0.05) is 12.1 Å². The number of aromatic amines is 1. The molecule has 156 valence electrons. The van der Waals surface area contributed by atoms with E-state index < -0.39 is 0 Å². The van der Waals surface area contributed by atoms with Gasteiger partial charge >= 0.3 is 0 Å². The Morgan fingerprint density at radius 3 is 3.06 bits per heavy atom. The van der Waals surface area contributed by atoms with Crippen LogP contribution in [0, 0.1) is 0 Å². The van der Waals surface area contributed by atoms with E-state index in [4.69, 9.17) is 4.74 Å². The van der Waals surface area contributed by atoms with Crippen molar-refractivity contribution in [3.05, 3.63) is 66.4 Å². The molecule has 1 aliphatic heterocycles. The Labute approximate surface area is 178 Å². The van der Waals surface area contributed by atoms with Gasteiger partial charge in [0, 0.05) is 53.9 Å². The van der Waals surface area contributed by atoms with Gasteiger partial charge in [-0.05, 0) is 29.7 Å². The number of imidazole rings is 1. The summed E-state index contributed by atoms with van der Waals surface area (Å²) in [6, 6.07) is 10.5. The standard InChI is InChI=1S/C23H22N6O2/c30-7-3-16-12-25-20-9-15(1-2-19(16)20)17-10-21(23-24-4-5-28(23)13-17)26-22-11-18-14-31-8-6-29(18)27-22/h1-2,4-5,9-13,25,30H,3,6-8,14H2,(H,26,27). The van der Waals surface area contributed by atoms with Gasteiger partial charge in [0.05, 0.1) is 31.1 Å². The number of aliphatic hydroxyl groups is 1. The van der Waals surface area contributed by atoms with Gasteiger partial charge in [0.1, 0.15) is 0 Å². The molecule has 4 aromatic heterocycles. The van der Waals surface area contributed by atoms with E-state index in [-0.39, 0.29) is 6.61 Å². The third-order valence-corrected chi connectivity index (χ3v) is 5.79. The lowest BCUT2D eigenvalue weighted by Crippen LogP contribution is -2.16. The second kappa shape index (κ2) is 7.26. The number of aliphatic hydroxyl groups excluding tert-OH is 1. The van der Waals surface area contributed by atoms with E-state index >= 15 is 0 Å². The highest BCUT2D eigenvalue weighted by molar-refractivity contribution is 5.89. The van der Waals surface area contributed by atoms with Gasteiger partial charge in [0.25, 0.3) is 0 Å². The highest BCUT2D eigenvalue weighted by atomic mass is 16.5. The number of hydrogen-bond acceptors (Lipinski definition) is 5. The van der Waals surface area contributed by atoms with Crippen LogP contribution in [0.5, 0.6) is 0 Å². The molecule has 0 fully saturated rings. The largest absolute Gasteiger partial charge is 0.396 e. The van der Waals surface area contributed by atoms with Crippen molar-refractivity contribution in [2.24, 2.45) is 0 Å². The van der Waals surface area contributed by atoms with Crippen LogP contribution in [0.2, 0.25) is 0 Å². The summed E-state index contributed by atoms with van der Waals surface area (Å²) in [4.78, 5) is 7.84. The van der Waals surface area contributed by atoms with E-state index in [9.17, 15) is 5.11 Å². The molecule has 1 aromatic carbocycles. The average molecular weight is 414 g/mol. The number of nitrogens with zero attached hydrogens (tertiary/aromatic N) is 4. The number of anilines is 2.